The van der Waals surface area contributed by atoms with Gasteiger partial charge in [-0.05, 0) is 30.2 Å². The third-order valence-corrected chi connectivity index (χ3v) is 6.38. The van der Waals surface area contributed by atoms with Crippen molar-refractivity contribution in [2.75, 3.05) is 43.0 Å². The van der Waals surface area contributed by atoms with Gasteiger partial charge in [0.2, 0.25) is 0 Å². The molecule has 0 amide bonds. The molecule has 0 radical (unpaired) electrons. The number of rotatable bonds is 4. The van der Waals surface area contributed by atoms with Gasteiger partial charge in [-0.2, -0.15) is 13.2 Å². The van der Waals surface area contributed by atoms with Crippen LogP contribution in [-0.4, -0.2) is 48.7 Å². The summed E-state index contributed by atoms with van der Waals surface area (Å²) in [4.78, 5) is 15.7. The highest BCUT2D eigenvalue weighted by atomic mass is 32.1. The van der Waals surface area contributed by atoms with E-state index in [1.54, 1.807) is 6.07 Å². The number of pyridine rings is 1. The zero-order valence-electron chi connectivity index (χ0n) is 18.2. The highest BCUT2D eigenvalue weighted by Crippen LogP contribution is 2.37. The molecule has 34 heavy (non-hydrogen) atoms. The van der Waals surface area contributed by atoms with Crippen LogP contribution in [0.2, 0.25) is 0 Å². The molecule has 2 aliphatic rings. The van der Waals surface area contributed by atoms with Crippen LogP contribution in [0.25, 0.3) is 11.4 Å². The molecule has 11 heteroatoms. The molecule has 0 bridgehead atoms. The molecule has 1 unspecified atom stereocenters. The van der Waals surface area contributed by atoms with E-state index in [0.29, 0.717) is 35.8 Å². The number of hydrogen-bond acceptors (Lipinski definition) is 8. The molecule has 2 N–H and O–H groups in total. The van der Waals surface area contributed by atoms with E-state index in [2.05, 4.69) is 20.6 Å². The predicted molar refractivity (Wildman–Crippen MR) is 126 cm³/mol. The average molecular weight is 489 g/mol. The molecule has 1 fully saturated rings. The topological polar surface area (TPSA) is 74.7 Å². The first-order valence-electron chi connectivity index (χ1n) is 11.0. The van der Waals surface area contributed by atoms with Crippen LogP contribution in [0.15, 0.2) is 52.8 Å². The Balaban J connectivity index is 1.33. The number of anilines is 2. The Kier molecular flexibility index (Phi) is 6.38. The third kappa shape index (κ3) is 5.00. The monoisotopic (exact) mass is 488 g/mol. The molecule has 0 aliphatic carbocycles. The number of ether oxygens (including phenoxy) is 1. The zero-order valence-corrected chi connectivity index (χ0v) is 19.0. The number of alkyl halides is 3. The van der Waals surface area contributed by atoms with Crippen molar-refractivity contribution < 1.29 is 17.9 Å². The molecule has 0 saturated carbocycles. The molecule has 2 aliphatic heterocycles. The minimum absolute atomic E-state index is 0.144. The molecule has 1 saturated heterocycles. The minimum atomic E-state index is -4.44. The molecule has 1 aromatic carbocycles. The number of aromatic nitrogens is 2. The summed E-state index contributed by atoms with van der Waals surface area (Å²) in [7, 11) is 0. The molecule has 4 heterocycles. The van der Waals surface area contributed by atoms with Gasteiger partial charge in [-0.25, -0.2) is 9.97 Å². The summed E-state index contributed by atoms with van der Waals surface area (Å²) in [6, 6.07) is 11.2. The van der Waals surface area contributed by atoms with E-state index in [1.807, 2.05) is 28.5 Å². The van der Waals surface area contributed by atoms with Crippen LogP contribution in [0.5, 0.6) is 0 Å². The van der Waals surface area contributed by atoms with Crippen LogP contribution in [0.4, 0.5) is 24.1 Å². The molecule has 178 valence electrons. The lowest BCUT2D eigenvalue weighted by Gasteiger charge is -2.35. The van der Waals surface area contributed by atoms with Crippen LogP contribution in [0.3, 0.4) is 0 Å². The number of thiazole rings is 1. The number of halogens is 3. The van der Waals surface area contributed by atoms with Crippen molar-refractivity contribution >= 4 is 28.2 Å². The SMILES string of the molecule is FC(F)(F)c1ccccc1C1CN(c2cccc(-c3csc(NC4=NCCCN4)n3)n2)CCO1. The fraction of sp³-hybridized carbons (Fsp3) is 0.348. The summed E-state index contributed by atoms with van der Waals surface area (Å²) in [5.74, 6) is 1.39. The summed E-state index contributed by atoms with van der Waals surface area (Å²) >= 11 is 1.46. The highest BCUT2D eigenvalue weighted by Gasteiger charge is 2.36. The fourth-order valence-corrected chi connectivity index (χ4v) is 4.69. The van der Waals surface area contributed by atoms with Gasteiger partial charge in [-0.3, -0.25) is 4.99 Å². The Hall–Kier alpha value is -3.18. The third-order valence-electron chi connectivity index (χ3n) is 5.63. The second kappa shape index (κ2) is 9.59. The van der Waals surface area contributed by atoms with Gasteiger partial charge in [-0.15, -0.1) is 11.3 Å². The molecular formula is C23H23F3N6OS. The van der Waals surface area contributed by atoms with Crippen molar-refractivity contribution in [3.8, 4) is 11.4 Å². The second-order valence-corrected chi connectivity index (χ2v) is 8.80. The van der Waals surface area contributed by atoms with E-state index in [0.717, 1.165) is 31.3 Å². The Morgan fingerprint density at radius 3 is 2.79 bits per heavy atom. The normalized spacial score (nSPS) is 18.9. The number of guanidine groups is 1. The van der Waals surface area contributed by atoms with E-state index in [4.69, 9.17) is 9.72 Å². The molecule has 5 rings (SSSR count). The lowest BCUT2D eigenvalue weighted by molar-refractivity contribution is -0.139. The van der Waals surface area contributed by atoms with Crippen LogP contribution >= 0.6 is 11.3 Å². The van der Waals surface area contributed by atoms with Gasteiger partial charge in [0, 0.05) is 31.6 Å². The summed E-state index contributed by atoms with van der Waals surface area (Å²) < 4.78 is 46.3. The van der Waals surface area contributed by atoms with Crippen molar-refractivity contribution in [1.82, 2.24) is 15.3 Å². The fourth-order valence-electron chi connectivity index (χ4n) is 3.99. The maximum atomic E-state index is 13.5. The van der Waals surface area contributed by atoms with Gasteiger partial charge in [0.1, 0.15) is 17.6 Å². The lowest BCUT2D eigenvalue weighted by atomic mass is 10.0. The van der Waals surface area contributed by atoms with Crippen molar-refractivity contribution in [3.05, 3.63) is 59.0 Å². The summed E-state index contributed by atoms with van der Waals surface area (Å²) in [6.07, 6.45) is -4.12. The standard InChI is InChI=1S/C23H23F3N6OS/c24-23(25,26)16-6-2-1-5-15(16)19-13-32(11-12-33-19)20-8-3-7-17(29-20)18-14-34-22(30-18)31-21-27-9-4-10-28-21/h1-3,5-8,14,19H,4,9-13H2,(H2,27,28,30,31). The molecule has 7 nitrogen and oxygen atoms in total. The Morgan fingerprint density at radius 1 is 1.09 bits per heavy atom. The number of aliphatic imine (C=N–C) groups is 1. The lowest BCUT2D eigenvalue weighted by Crippen LogP contribution is -2.39. The average Bonchev–Trinajstić information content (AvgIpc) is 3.33. The van der Waals surface area contributed by atoms with Crippen LogP contribution in [0.1, 0.15) is 23.7 Å². The summed E-state index contributed by atoms with van der Waals surface area (Å²) in [5.41, 5.74) is 0.894. The van der Waals surface area contributed by atoms with Crippen LogP contribution < -0.4 is 15.5 Å². The molecule has 3 aromatic rings. The molecule has 2 aromatic heterocycles. The molecule has 0 spiro atoms. The summed E-state index contributed by atoms with van der Waals surface area (Å²) in [5, 5.41) is 9.02. The highest BCUT2D eigenvalue weighted by molar-refractivity contribution is 7.14. The van der Waals surface area contributed by atoms with Gasteiger partial charge < -0.3 is 20.3 Å². The Bertz CT molecular complexity index is 1180. The van der Waals surface area contributed by atoms with E-state index >= 15 is 0 Å². The van der Waals surface area contributed by atoms with Crippen LogP contribution in [-0.2, 0) is 10.9 Å². The zero-order chi connectivity index (χ0) is 23.5. The van der Waals surface area contributed by atoms with Crippen molar-refractivity contribution in [2.24, 2.45) is 4.99 Å². The van der Waals surface area contributed by atoms with Crippen molar-refractivity contribution in [1.29, 1.82) is 0 Å². The number of benzene rings is 1. The number of nitrogens with one attached hydrogen (secondary N) is 2. The Morgan fingerprint density at radius 2 is 1.97 bits per heavy atom. The first-order chi connectivity index (χ1) is 16.5. The van der Waals surface area contributed by atoms with Crippen LogP contribution in [0, 0.1) is 0 Å². The van der Waals surface area contributed by atoms with Gasteiger partial charge in [0.15, 0.2) is 11.1 Å². The minimum Gasteiger partial charge on any atom is -0.370 e. The summed E-state index contributed by atoms with van der Waals surface area (Å²) in [6.45, 7) is 2.78. The van der Waals surface area contributed by atoms with Crippen molar-refractivity contribution in [2.45, 2.75) is 18.7 Å². The van der Waals surface area contributed by atoms with Gasteiger partial charge >= 0.3 is 6.18 Å². The first-order valence-corrected chi connectivity index (χ1v) is 11.9. The largest absolute Gasteiger partial charge is 0.416 e. The van der Waals surface area contributed by atoms with Gasteiger partial charge in [0.05, 0.1) is 17.9 Å². The van der Waals surface area contributed by atoms with E-state index in [-0.39, 0.29) is 12.1 Å². The predicted octanol–water partition coefficient (Wildman–Crippen LogP) is 4.56. The van der Waals surface area contributed by atoms with Crippen molar-refractivity contribution in [3.63, 3.8) is 0 Å². The number of hydrogen-bond donors (Lipinski definition) is 2. The van der Waals surface area contributed by atoms with E-state index < -0.39 is 17.8 Å². The Labute approximate surface area is 198 Å². The first kappa shape index (κ1) is 22.6. The van der Waals surface area contributed by atoms with E-state index in [9.17, 15) is 13.2 Å². The maximum Gasteiger partial charge on any atom is 0.416 e. The van der Waals surface area contributed by atoms with E-state index in [1.165, 1.54) is 23.5 Å². The molecular weight excluding hydrogens is 465 g/mol. The quantitative estimate of drug-likeness (QED) is 0.561. The van der Waals surface area contributed by atoms with Gasteiger partial charge in [-0.1, -0.05) is 24.3 Å². The second-order valence-electron chi connectivity index (χ2n) is 7.95. The number of morpholine rings is 1. The smallest absolute Gasteiger partial charge is 0.370 e. The maximum absolute atomic E-state index is 13.5. The van der Waals surface area contributed by atoms with Gasteiger partial charge in [0.25, 0.3) is 0 Å². The molecule has 1 atom stereocenters. The number of nitrogens with zero attached hydrogens (tertiary/aromatic N) is 4.